The van der Waals surface area contributed by atoms with Crippen molar-refractivity contribution in [3.05, 3.63) is 48.0 Å². The zero-order valence-electron chi connectivity index (χ0n) is 22.4. The van der Waals surface area contributed by atoms with Gasteiger partial charge in [0.05, 0.1) is 13.2 Å². The third-order valence-corrected chi connectivity index (χ3v) is 9.86. The second-order valence-electron chi connectivity index (χ2n) is 10.8. The smallest absolute Gasteiger partial charge is 0.247 e. The van der Waals surface area contributed by atoms with Crippen molar-refractivity contribution >= 4 is 15.9 Å². The first kappa shape index (κ1) is 27.6. The highest BCUT2D eigenvalue weighted by Crippen LogP contribution is 2.37. The molecule has 1 N–H and O–H groups in total. The summed E-state index contributed by atoms with van der Waals surface area (Å²) in [5.41, 5.74) is 2.96. The van der Waals surface area contributed by atoms with Crippen LogP contribution in [-0.4, -0.2) is 67.5 Å². The van der Waals surface area contributed by atoms with E-state index in [1.807, 2.05) is 45.2 Å². The number of rotatable bonds is 6. The summed E-state index contributed by atoms with van der Waals surface area (Å²) in [5, 5.41) is 9.87. The first-order valence-corrected chi connectivity index (χ1v) is 14.8. The summed E-state index contributed by atoms with van der Waals surface area (Å²) in [6, 6.07) is 12.6. The third-order valence-electron chi connectivity index (χ3n) is 7.84. The van der Waals surface area contributed by atoms with E-state index in [1.165, 1.54) is 10.7 Å². The van der Waals surface area contributed by atoms with Crippen molar-refractivity contribution in [2.45, 2.75) is 69.9 Å². The summed E-state index contributed by atoms with van der Waals surface area (Å²) in [6.07, 6.45) is 4.79. The lowest BCUT2D eigenvalue weighted by Crippen LogP contribution is -2.50. The quantitative estimate of drug-likeness (QED) is 0.598. The Morgan fingerprint density at radius 3 is 2.41 bits per heavy atom. The minimum atomic E-state index is -3.91. The maximum absolute atomic E-state index is 13.7. The van der Waals surface area contributed by atoms with E-state index in [0.29, 0.717) is 6.54 Å². The van der Waals surface area contributed by atoms with Crippen LogP contribution in [-0.2, 0) is 14.8 Å². The molecule has 2 aliphatic rings. The number of hydrogen-bond acceptors (Lipinski definition) is 5. The van der Waals surface area contributed by atoms with Crippen molar-refractivity contribution in [2.24, 2.45) is 11.8 Å². The van der Waals surface area contributed by atoms with Crippen molar-refractivity contribution in [2.75, 3.05) is 26.7 Å². The Morgan fingerprint density at radius 2 is 1.76 bits per heavy atom. The van der Waals surface area contributed by atoms with Gasteiger partial charge in [0.1, 0.15) is 16.7 Å². The van der Waals surface area contributed by atoms with Gasteiger partial charge in [-0.05, 0) is 49.9 Å². The molecule has 0 aromatic heterocycles. The number of likely N-dealkylation sites (N-methyl/N-ethyl adjacent to an activating group) is 1. The minimum absolute atomic E-state index is 0.0503. The second kappa shape index (κ2) is 11.5. The number of amides is 1. The fourth-order valence-electron chi connectivity index (χ4n) is 5.39. The van der Waals surface area contributed by atoms with Crippen LogP contribution in [0, 0.1) is 18.8 Å². The van der Waals surface area contributed by atoms with Crippen LogP contribution in [0.2, 0.25) is 0 Å². The number of sulfonamides is 1. The van der Waals surface area contributed by atoms with E-state index in [4.69, 9.17) is 4.74 Å². The Kier molecular flexibility index (Phi) is 8.61. The standard InChI is InChI=1S/C29H40N2O5S/c1-20-10-12-23(13-11-20)25-14-15-28-26(16-25)36-27(18-30(4)29(33)24-8-6-5-7-9-24)21(2)17-31(22(3)19-32)37(28,34)35/h10-16,21-22,24,27,32H,5-9,17-19H2,1-4H3/t21-,22-,27-/m1/s1. The lowest BCUT2D eigenvalue weighted by atomic mass is 9.88. The minimum Gasteiger partial charge on any atom is -0.487 e. The predicted molar refractivity (Wildman–Crippen MR) is 145 cm³/mol. The van der Waals surface area contributed by atoms with Crippen LogP contribution >= 0.6 is 0 Å². The second-order valence-corrected chi connectivity index (χ2v) is 12.7. The van der Waals surface area contributed by atoms with Crippen molar-refractivity contribution in [3.8, 4) is 16.9 Å². The fraction of sp³-hybridized carbons (Fsp3) is 0.552. The number of aryl methyl sites for hydroxylation is 1. The van der Waals surface area contributed by atoms with Gasteiger partial charge in [-0.15, -0.1) is 0 Å². The van der Waals surface area contributed by atoms with Gasteiger partial charge in [0.2, 0.25) is 15.9 Å². The number of ether oxygens (including phenoxy) is 1. The van der Waals surface area contributed by atoms with Crippen LogP contribution in [0.5, 0.6) is 5.75 Å². The van der Waals surface area contributed by atoms with Crippen molar-refractivity contribution in [1.29, 1.82) is 0 Å². The van der Waals surface area contributed by atoms with E-state index >= 15 is 0 Å². The molecule has 0 bridgehead atoms. The largest absolute Gasteiger partial charge is 0.487 e. The van der Waals surface area contributed by atoms with Crippen LogP contribution < -0.4 is 4.74 Å². The number of hydrogen-bond donors (Lipinski definition) is 1. The molecule has 0 radical (unpaired) electrons. The normalized spacial score (nSPS) is 23.3. The number of carbonyl (C=O) groups is 1. The Hall–Kier alpha value is -2.42. The zero-order chi connectivity index (χ0) is 26.7. The SMILES string of the molecule is Cc1ccc(-c2ccc3c(c2)O[C@H](CN(C)C(=O)C2CCCCC2)[C@H](C)CN([C@H](C)CO)S3(=O)=O)cc1. The predicted octanol–water partition coefficient (Wildman–Crippen LogP) is 4.47. The molecule has 1 aliphatic heterocycles. The Labute approximate surface area is 221 Å². The van der Waals surface area contributed by atoms with Gasteiger partial charge in [-0.25, -0.2) is 8.42 Å². The van der Waals surface area contributed by atoms with Gasteiger partial charge in [-0.1, -0.05) is 62.1 Å². The van der Waals surface area contributed by atoms with Gasteiger partial charge < -0.3 is 14.7 Å². The molecule has 2 aromatic carbocycles. The first-order chi connectivity index (χ1) is 17.6. The zero-order valence-corrected chi connectivity index (χ0v) is 23.2. The van der Waals surface area contributed by atoms with Gasteiger partial charge in [-0.2, -0.15) is 4.31 Å². The molecule has 7 nitrogen and oxygen atoms in total. The van der Waals surface area contributed by atoms with Crippen molar-refractivity contribution < 1.29 is 23.1 Å². The molecule has 1 amide bonds. The molecule has 0 saturated heterocycles. The molecule has 202 valence electrons. The van der Waals surface area contributed by atoms with E-state index in [1.54, 1.807) is 30.0 Å². The van der Waals surface area contributed by atoms with Gasteiger partial charge in [0.15, 0.2) is 0 Å². The van der Waals surface area contributed by atoms with Crippen LogP contribution in [0.3, 0.4) is 0 Å². The van der Waals surface area contributed by atoms with Crippen LogP contribution in [0.15, 0.2) is 47.4 Å². The summed E-state index contributed by atoms with van der Waals surface area (Å²) < 4.78 is 35.3. The monoisotopic (exact) mass is 528 g/mol. The molecule has 0 unspecified atom stereocenters. The highest BCUT2D eigenvalue weighted by molar-refractivity contribution is 7.89. The molecular formula is C29H40N2O5S. The molecule has 2 aromatic rings. The van der Waals surface area contributed by atoms with E-state index in [-0.39, 0.29) is 41.5 Å². The molecule has 3 atom stereocenters. The highest BCUT2D eigenvalue weighted by Gasteiger charge is 2.39. The average Bonchev–Trinajstić information content (AvgIpc) is 2.90. The number of nitrogens with zero attached hydrogens (tertiary/aromatic N) is 2. The van der Waals surface area contributed by atoms with E-state index in [9.17, 15) is 18.3 Å². The van der Waals surface area contributed by atoms with Gasteiger partial charge in [0.25, 0.3) is 0 Å². The van der Waals surface area contributed by atoms with Crippen LogP contribution in [0.1, 0.15) is 51.5 Å². The molecular weight excluding hydrogens is 488 g/mol. The van der Waals surface area contributed by atoms with E-state index in [2.05, 4.69) is 0 Å². The number of benzene rings is 2. The molecule has 4 rings (SSSR count). The maximum Gasteiger partial charge on any atom is 0.247 e. The summed E-state index contributed by atoms with van der Waals surface area (Å²) in [7, 11) is -2.09. The first-order valence-electron chi connectivity index (χ1n) is 13.4. The highest BCUT2D eigenvalue weighted by atomic mass is 32.2. The Balaban J connectivity index is 1.71. The van der Waals surface area contributed by atoms with Crippen LogP contribution in [0.25, 0.3) is 11.1 Å². The number of carbonyl (C=O) groups excluding carboxylic acids is 1. The Morgan fingerprint density at radius 1 is 1.11 bits per heavy atom. The topological polar surface area (TPSA) is 87.2 Å². The third kappa shape index (κ3) is 6.02. The lowest BCUT2D eigenvalue weighted by molar-refractivity contribution is -0.136. The van der Waals surface area contributed by atoms with Crippen molar-refractivity contribution in [3.63, 3.8) is 0 Å². The van der Waals surface area contributed by atoms with Crippen molar-refractivity contribution in [1.82, 2.24) is 9.21 Å². The number of aliphatic hydroxyl groups is 1. The molecule has 37 heavy (non-hydrogen) atoms. The maximum atomic E-state index is 13.7. The van der Waals surface area contributed by atoms with E-state index < -0.39 is 22.2 Å². The Bertz CT molecular complexity index is 1190. The fourth-order valence-corrected chi connectivity index (χ4v) is 7.22. The van der Waals surface area contributed by atoms with Gasteiger partial charge in [-0.3, -0.25) is 4.79 Å². The molecule has 1 aliphatic carbocycles. The van der Waals surface area contributed by atoms with Gasteiger partial charge >= 0.3 is 0 Å². The average molecular weight is 529 g/mol. The lowest BCUT2D eigenvalue weighted by Gasteiger charge is -2.38. The van der Waals surface area contributed by atoms with Gasteiger partial charge in [0, 0.05) is 31.5 Å². The van der Waals surface area contributed by atoms with E-state index in [0.717, 1.165) is 42.4 Å². The van der Waals surface area contributed by atoms with Crippen LogP contribution in [0.4, 0.5) is 0 Å². The molecule has 8 heteroatoms. The summed E-state index contributed by atoms with van der Waals surface area (Å²) in [6.45, 7) is 5.96. The molecule has 1 heterocycles. The summed E-state index contributed by atoms with van der Waals surface area (Å²) in [4.78, 5) is 15.0. The summed E-state index contributed by atoms with van der Waals surface area (Å²) in [5.74, 6) is 0.263. The molecule has 0 spiro atoms. The molecule has 1 saturated carbocycles. The summed E-state index contributed by atoms with van der Waals surface area (Å²) >= 11 is 0. The molecule has 1 fully saturated rings. The number of fused-ring (bicyclic) bond motifs is 1. The number of aliphatic hydroxyl groups excluding tert-OH is 1.